The minimum Gasteiger partial charge on any atom is -0.481 e. The van der Waals surface area contributed by atoms with Crippen molar-refractivity contribution in [3.8, 4) is 0 Å². The van der Waals surface area contributed by atoms with Crippen LogP contribution in [-0.4, -0.2) is 23.1 Å². The minimum atomic E-state index is -0.766. The summed E-state index contributed by atoms with van der Waals surface area (Å²) in [5.41, 5.74) is -0.486. The fourth-order valence-electron chi connectivity index (χ4n) is 2.11. The van der Waals surface area contributed by atoms with Crippen molar-refractivity contribution >= 4 is 11.9 Å². The van der Waals surface area contributed by atoms with Crippen LogP contribution in [-0.2, 0) is 14.3 Å². The Morgan fingerprint density at radius 2 is 1.94 bits per heavy atom. The van der Waals surface area contributed by atoms with Crippen molar-refractivity contribution in [2.24, 2.45) is 11.3 Å². The van der Waals surface area contributed by atoms with Crippen LogP contribution in [0.3, 0.4) is 0 Å². The molecule has 17 heavy (non-hydrogen) atoms. The van der Waals surface area contributed by atoms with Gasteiger partial charge in [-0.25, -0.2) is 0 Å². The maximum Gasteiger partial charge on any atom is 0.311 e. The molecule has 0 spiro atoms. The van der Waals surface area contributed by atoms with E-state index in [1.165, 1.54) is 0 Å². The summed E-state index contributed by atoms with van der Waals surface area (Å²) < 4.78 is 5.44. The zero-order valence-corrected chi connectivity index (χ0v) is 10.9. The molecule has 1 saturated carbocycles. The van der Waals surface area contributed by atoms with Crippen LogP contribution in [0.4, 0.5) is 0 Å². The van der Waals surface area contributed by atoms with Gasteiger partial charge in [0.25, 0.3) is 0 Å². The number of carboxylic acid groups (broad SMARTS) is 1. The van der Waals surface area contributed by atoms with Gasteiger partial charge in [-0.2, -0.15) is 0 Å². The van der Waals surface area contributed by atoms with Crippen molar-refractivity contribution in [3.05, 3.63) is 0 Å². The lowest BCUT2D eigenvalue weighted by Gasteiger charge is -2.30. The van der Waals surface area contributed by atoms with Crippen LogP contribution in [0.5, 0.6) is 0 Å². The van der Waals surface area contributed by atoms with E-state index < -0.39 is 11.4 Å². The number of aliphatic carboxylic acids is 1. The lowest BCUT2D eigenvalue weighted by Crippen LogP contribution is -2.32. The normalized spacial score (nSPS) is 25.4. The van der Waals surface area contributed by atoms with Crippen molar-refractivity contribution < 1.29 is 19.4 Å². The molecule has 1 N–H and O–H groups in total. The number of hydrogen-bond donors (Lipinski definition) is 1. The number of hydrogen-bond acceptors (Lipinski definition) is 3. The third-order valence-electron chi connectivity index (χ3n) is 3.08. The summed E-state index contributed by atoms with van der Waals surface area (Å²) in [6.45, 7) is 5.48. The fourth-order valence-corrected chi connectivity index (χ4v) is 2.11. The summed E-state index contributed by atoms with van der Waals surface area (Å²) in [6.07, 6.45) is 3.51. The van der Waals surface area contributed by atoms with Crippen LogP contribution in [0.1, 0.15) is 52.9 Å². The predicted molar refractivity (Wildman–Crippen MR) is 63.5 cm³/mol. The largest absolute Gasteiger partial charge is 0.481 e. The Kier molecular flexibility index (Phi) is 4.54. The number of carbonyl (C=O) groups excluding carboxylic acids is 1. The molecule has 4 nitrogen and oxygen atoms in total. The Balaban J connectivity index is 2.45. The molecule has 0 aliphatic heterocycles. The summed E-state index contributed by atoms with van der Waals surface area (Å²) in [4.78, 5) is 22.4. The monoisotopic (exact) mass is 242 g/mol. The van der Waals surface area contributed by atoms with Gasteiger partial charge in [0.1, 0.15) is 6.10 Å². The number of carbonyl (C=O) groups is 2. The lowest BCUT2D eigenvalue weighted by atomic mass is 9.85. The van der Waals surface area contributed by atoms with E-state index in [1.807, 2.05) is 20.8 Å². The molecule has 2 unspecified atom stereocenters. The van der Waals surface area contributed by atoms with Gasteiger partial charge in [0.05, 0.1) is 5.41 Å². The minimum absolute atomic E-state index is 0.0974. The molecule has 1 aliphatic rings. The van der Waals surface area contributed by atoms with Gasteiger partial charge in [0.2, 0.25) is 0 Å². The van der Waals surface area contributed by atoms with E-state index in [0.717, 1.165) is 19.3 Å². The number of esters is 1. The van der Waals surface area contributed by atoms with E-state index in [-0.39, 0.29) is 24.4 Å². The Morgan fingerprint density at radius 1 is 1.29 bits per heavy atom. The zero-order chi connectivity index (χ0) is 13.1. The predicted octanol–water partition coefficient (Wildman–Crippen LogP) is 2.61. The zero-order valence-electron chi connectivity index (χ0n) is 10.9. The van der Waals surface area contributed by atoms with E-state index in [1.54, 1.807) is 0 Å². The van der Waals surface area contributed by atoms with Gasteiger partial charge in [-0.1, -0.05) is 0 Å². The van der Waals surface area contributed by atoms with E-state index in [0.29, 0.717) is 6.42 Å². The molecule has 0 aromatic carbocycles. The molecule has 1 aliphatic carbocycles. The van der Waals surface area contributed by atoms with Gasteiger partial charge < -0.3 is 9.84 Å². The molecule has 2 atom stereocenters. The molecule has 0 bridgehead atoms. The molecule has 0 aromatic heterocycles. The van der Waals surface area contributed by atoms with Crippen molar-refractivity contribution in [1.29, 1.82) is 0 Å². The molecule has 1 rings (SSSR count). The number of rotatable bonds is 3. The van der Waals surface area contributed by atoms with Crippen LogP contribution >= 0.6 is 0 Å². The number of carboxylic acids is 1. The second-order valence-corrected chi connectivity index (χ2v) is 5.91. The summed E-state index contributed by atoms with van der Waals surface area (Å²) >= 11 is 0. The van der Waals surface area contributed by atoms with Gasteiger partial charge in [0, 0.05) is 6.42 Å². The quantitative estimate of drug-likeness (QED) is 0.773. The van der Waals surface area contributed by atoms with Crippen LogP contribution in [0.15, 0.2) is 0 Å². The Labute approximate surface area is 102 Å². The van der Waals surface area contributed by atoms with Crippen molar-refractivity contribution in [1.82, 2.24) is 0 Å². The first kappa shape index (κ1) is 14.0. The first-order chi connectivity index (χ1) is 7.79. The molecular formula is C13H22O4. The topological polar surface area (TPSA) is 63.6 Å². The Morgan fingerprint density at radius 3 is 2.47 bits per heavy atom. The van der Waals surface area contributed by atoms with E-state index in [4.69, 9.17) is 9.84 Å². The molecule has 0 saturated heterocycles. The van der Waals surface area contributed by atoms with E-state index in [9.17, 15) is 9.59 Å². The molecule has 0 amide bonds. The highest BCUT2D eigenvalue weighted by Gasteiger charge is 2.30. The summed E-state index contributed by atoms with van der Waals surface area (Å²) in [6, 6.07) is 0. The smallest absolute Gasteiger partial charge is 0.311 e. The maximum atomic E-state index is 11.7. The van der Waals surface area contributed by atoms with Gasteiger partial charge in [-0.3, -0.25) is 9.59 Å². The average molecular weight is 242 g/mol. The van der Waals surface area contributed by atoms with Crippen molar-refractivity contribution in [2.45, 2.75) is 59.0 Å². The molecule has 98 valence electrons. The van der Waals surface area contributed by atoms with Crippen molar-refractivity contribution in [2.75, 3.05) is 0 Å². The Bertz CT molecular complexity index is 290. The average Bonchev–Trinajstić information content (AvgIpc) is 2.15. The lowest BCUT2D eigenvalue weighted by molar-refractivity contribution is -0.161. The molecule has 4 heteroatoms. The summed E-state index contributed by atoms with van der Waals surface area (Å²) in [5.74, 6) is -0.810. The number of ether oxygens (including phenoxy) is 1. The highest BCUT2D eigenvalue weighted by atomic mass is 16.5. The first-order valence-electron chi connectivity index (χ1n) is 6.22. The van der Waals surface area contributed by atoms with Gasteiger partial charge >= 0.3 is 11.9 Å². The highest BCUT2D eigenvalue weighted by Crippen LogP contribution is 2.30. The summed E-state index contributed by atoms with van der Waals surface area (Å²) in [5, 5.41) is 8.76. The SMILES string of the molecule is CC(C)(C)C(=O)OC1CCCC(CC(=O)O)C1. The molecule has 0 heterocycles. The highest BCUT2D eigenvalue weighted by molar-refractivity contribution is 5.75. The van der Waals surface area contributed by atoms with Gasteiger partial charge in [-0.05, 0) is 52.4 Å². The Hall–Kier alpha value is -1.06. The van der Waals surface area contributed by atoms with Crippen LogP contribution in [0.2, 0.25) is 0 Å². The van der Waals surface area contributed by atoms with Crippen LogP contribution < -0.4 is 0 Å². The van der Waals surface area contributed by atoms with Gasteiger partial charge in [0.15, 0.2) is 0 Å². The third-order valence-corrected chi connectivity index (χ3v) is 3.08. The molecule has 0 aromatic rings. The maximum absolute atomic E-state index is 11.7. The molecule has 0 radical (unpaired) electrons. The van der Waals surface area contributed by atoms with Crippen LogP contribution in [0, 0.1) is 11.3 Å². The molecule has 1 fully saturated rings. The fraction of sp³-hybridized carbons (Fsp3) is 0.846. The third kappa shape index (κ3) is 4.75. The first-order valence-corrected chi connectivity index (χ1v) is 6.22. The standard InChI is InChI=1S/C13H22O4/c1-13(2,3)12(16)17-10-6-4-5-9(7-10)8-11(14)15/h9-10H,4-8H2,1-3H3,(H,14,15). The van der Waals surface area contributed by atoms with E-state index >= 15 is 0 Å². The molecular weight excluding hydrogens is 220 g/mol. The second kappa shape index (κ2) is 5.52. The van der Waals surface area contributed by atoms with E-state index in [2.05, 4.69) is 0 Å². The summed E-state index contributed by atoms with van der Waals surface area (Å²) in [7, 11) is 0. The second-order valence-electron chi connectivity index (χ2n) is 5.91. The van der Waals surface area contributed by atoms with Gasteiger partial charge in [-0.15, -0.1) is 0 Å². The van der Waals surface area contributed by atoms with Crippen molar-refractivity contribution in [3.63, 3.8) is 0 Å². The van der Waals surface area contributed by atoms with Crippen LogP contribution in [0.25, 0.3) is 0 Å².